The maximum Gasteiger partial charge on any atom is 0.150 e. The highest BCUT2D eigenvalue weighted by Gasteiger charge is 2.39. The summed E-state index contributed by atoms with van der Waals surface area (Å²) in [4.78, 5) is 5.25. The van der Waals surface area contributed by atoms with E-state index in [0.717, 1.165) is 15.0 Å². The van der Waals surface area contributed by atoms with Crippen LogP contribution in [0.2, 0.25) is 0 Å². The number of hydrogen-bond acceptors (Lipinski definition) is 5. The number of aliphatic hydroxyl groups is 1. The topological polar surface area (TPSA) is 42.4 Å². The van der Waals surface area contributed by atoms with E-state index in [0.29, 0.717) is 13.2 Å². The van der Waals surface area contributed by atoms with E-state index in [1.54, 1.807) is 29.3 Å². The van der Waals surface area contributed by atoms with Gasteiger partial charge in [-0.3, -0.25) is 0 Å². The molecule has 3 nitrogen and oxygen atoms in total. The first-order valence-electron chi connectivity index (χ1n) is 5.69. The van der Waals surface area contributed by atoms with E-state index in [4.69, 9.17) is 4.74 Å². The summed E-state index contributed by atoms with van der Waals surface area (Å²) in [7, 11) is 0. The van der Waals surface area contributed by atoms with Crippen LogP contribution in [0.3, 0.4) is 0 Å². The molecule has 1 N–H and O–H groups in total. The van der Waals surface area contributed by atoms with Crippen LogP contribution in [-0.2, 0) is 16.1 Å². The van der Waals surface area contributed by atoms with E-state index in [2.05, 4.69) is 17.1 Å². The van der Waals surface area contributed by atoms with Gasteiger partial charge in [-0.25, -0.2) is 4.98 Å². The first kappa shape index (κ1) is 12.2. The third-order valence-electron chi connectivity index (χ3n) is 2.83. The van der Waals surface area contributed by atoms with Gasteiger partial charge in [0.15, 0.2) is 0 Å². The minimum atomic E-state index is -0.788. The van der Waals surface area contributed by atoms with Crippen LogP contribution in [0.15, 0.2) is 40.9 Å². The average Bonchev–Trinajstić information content (AvgIpc) is 2.84. The molecule has 0 spiro atoms. The molecule has 0 atom stereocenters. The monoisotopic (exact) mass is 279 g/mol. The van der Waals surface area contributed by atoms with Gasteiger partial charge in [0, 0.05) is 11.9 Å². The van der Waals surface area contributed by atoms with Gasteiger partial charge in [0.25, 0.3) is 0 Å². The molecular formula is C13H13NO2S2. The average molecular weight is 279 g/mol. The van der Waals surface area contributed by atoms with Gasteiger partial charge in [0.1, 0.15) is 9.94 Å². The fourth-order valence-corrected chi connectivity index (χ4v) is 3.70. The molecule has 2 aromatic rings. The van der Waals surface area contributed by atoms with Crippen LogP contribution in [0.25, 0.3) is 0 Å². The Labute approximate surface area is 114 Å². The first-order chi connectivity index (χ1) is 8.76. The Morgan fingerprint density at radius 3 is 2.78 bits per heavy atom. The molecule has 1 fully saturated rings. The van der Waals surface area contributed by atoms with Gasteiger partial charge >= 0.3 is 0 Å². The van der Waals surface area contributed by atoms with Crippen molar-refractivity contribution in [2.24, 2.45) is 0 Å². The highest BCUT2D eigenvalue weighted by atomic mass is 32.2. The molecule has 0 saturated carbocycles. The highest BCUT2D eigenvalue weighted by Crippen LogP contribution is 2.36. The minimum Gasteiger partial charge on any atom is -0.379 e. The Morgan fingerprint density at radius 2 is 2.11 bits per heavy atom. The molecule has 0 amide bonds. The Balaban J connectivity index is 1.64. The number of aromatic nitrogens is 1. The number of benzene rings is 1. The van der Waals surface area contributed by atoms with E-state index in [9.17, 15) is 5.11 Å². The van der Waals surface area contributed by atoms with Gasteiger partial charge < -0.3 is 9.84 Å². The summed E-state index contributed by atoms with van der Waals surface area (Å²) in [5, 5.41) is 10.1. The van der Waals surface area contributed by atoms with Gasteiger partial charge in [-0.05, 0) is 5.56 Å². The van der Waals surface area contributed by atoms with Gasteiger partial charge in [0.05, 0.1) is 18.1 Å². The molecular weight excluding hydrogens is 266 g/mol. The predicted molar refractivity (Wildman–Crippen MR) is 72.8 cm³/mol. The van der Waals surface area contributed by atoms with Crippen molar-refractivity contribution in [1.82, 2.24) is 4.98 Å². The van der Waals surface area contributed by atoms with Gasteiger partial charge in [-0.15, -0.1) is 11.3 Å². The van der Waals surface area contributed by atoms with Crippen molar-refractivity contribution in [1.29, 1.82) is 0 Å². The summed E-state index contributed by atoms with van der Waals surface area (Å²) in [6, 6.07) is 10.3. The van der Waals surface area contributed by atoms with Crippen LogP contribution < -0.4 is 0 Å². The van der Waals surface area contributed by atoms with Gasteiger partial charge in [0.2, 0.25) is 0 Å². The molecule has 1 aliphatic rings. The molecule has 0 radical (unpaired) electrons. The number of thioether (sulfide) groups is 1. The zero-order valence-corrected chi connectivity index (χ0v) is 11.3. The molecule has 0 unspecified atom stereocenters. The van der Waals surface area contributed by atoms with Crippen molar-refractivity contribution in [3.8, 4) is 0 Å². The Kier molecular flexibility index (Phi) is 3.39. The van der Waals surface area contributed by atoms with Crippen LogP contribution in [0, 0.1) is 0 Å². The molecule has 0 aliphatic carbocycles. The minimum absolute atomic E-state index is 0.387. The van der Waals surface area contributed by atoms with E-state index < -0.39 is 5.60 Å². The van der Waals surface area contributed by atoms with E-state index in [1.165, 1.54) is 5.56 Å². The van der Waals surface area contributed by atoms with Crippen molar-refractivity contribution < 1.29 is 9.84 Å². The van der Waals surface area contributed by atoms with Gasteiger partial charge in [-0.2, -0.15) is 0 Å². The summed E-state index contributed by atoms with van der Waals surface area (Å²) >= 11 is 3.26. The number of hydrogen-bond donors (Lipinski definition) is 1. The molecule has 1 aliphatic heterocycles. The smallest absolute Gasteiger partial charge is 0.150 e. The van der Waals surface area contributed by atoms with Crippen LogP contribution in [0.1, 0.15) is 10.4 Å². The summed E-state index contributed by atoms with van der Waals surface area (Å²) in [5.74, 6) is 0.905. The maximum absolute atomic E-state index is 10.1. The van der Waals surface area contributed by atoms with Crippen molar-refractivity contribution in [2.75, 3.05) is 13.2 Å². The number of nitrogens with zero attached hydrogens (tertiary/aromatic N) is 1. The largest absolute Gasteiger partial charge is 0.379 e. The second-order valence-electron chi connectivity index (χ2n) is 4.29. The Bertz CT molecular complexity index is 523. The van der Waals surface area contributed by atoms with Crippen molar-refractivity contribution in [2.45, 2.75) is 15.7 Å². The zero-order valence-electron chi connectivity index (χ0n) is 9.70. The molecule has 0 bridgehead atoms. The number of thiazole rings is 1. The molecule has 2 heterocycles. The molecule has 94 valence electrons. The fraction of sp³-hybridized carbons (Fsp3) is 0.308. The quantitative estimate of drug-likeness (QED) is 0.874. The summed E-state index contributed by atoms with van der Waals surface area (Å²) < 4.78 is 6.05. The van der Waals surface area contributed by atoms with Crippen molar-refractivity contribution in [3.63, 3.8) is 0 Å². The molecule has 1 aromatic carbocycles. The Morgan fingerprint density at radius 1 is 1.33 bits per heavy atom. The lowest BCUT2D eigenvalue weighted by Gasteiger charge is -2.34. The van der Waals surface area contributed by atoms with Crippen molar-refractivity contribution in [3.05, 3.63) is 47.0 Å². The summed E-state index contributed by atoms with van der Waals surface area (Å²) in [5.41, 5.74) is 0.494. The standard InChI is InChI=1S/C13H13NO2S2/c15-13(8-16-9-13)11-6-14-12(18-11)17-7-10-4-2-1-3-5-10/h1-6,15H,7-9H2. The van der Waals surface area contributed by atoms with Crippen molar-refractivity contribution >= 4 is 23.1 Å². The SMILES string of the molecule is OC1(c2cnc(SCc3ccccc3)s2)COC1. The number of rotatable bonds is 4. The van der Waals surface area contributed by atoms with Gasteiger partial charge in [-0.1, -0.05) is 42.1 Å². The third kappa shape index (κ3) is 2.44. The van der Waals surface area contributed by atoms with Crippen LogP contribution in [0.5, 0.6) is 0 Å². The van der Waals surface area contributed by atoms with E-state index in [-0.39, 0.29) is 0 Å². The molecule has 5 heteroatoms. The normalized spacial score (nSPS) is 17.4. The maximum atomic E-state index is 10.1. The Hall–Kier alpha value is -0.880. The van der Waals surface area contributed by atoms with E-state index in [1.807, 2.05) is 18.2 Å². The second-order valence-corrected chi connectivity index (χ2v) is 6.54. The third-order valence-corrected chi connectivity index (χ3v) is 5.25. The lowest BCUT2D eigenvalue weighted by atomic mass is 10.0. The summed E-state index contributed by atoms with van der Waals surface area (Å²) in [6.07, 6.45) is 1.76. The summed E-state index contributed by atoms with van der Waals surface area (Å²) in [6.45, 7) is 0.774. The predicted octanol–water partition coefficient (Wildman–Crippen LogP) is 2.65. The van der Waals surface area contributed by atoms with Crippen LogP contribution in [0.4, 0.5) is 0 Å². The lowest BCUT2D eigenvalue weighted by Crippen LogP contribution is -2.45. The van der Waals surface area contributed by atoms with E-state index >= 15 is 0 Å². The molecule has 1 aromatic heterocycles. The second kappa shape index (κ2) is 5.01. The highest BCUT2D eigenvalue weighted by molar-refractivity contribution is 8.00. The van der Waals surface area contributed by atoms with Crippen LogP contribution in [-0.4, -0.2) is 23.3 Å². The molecule has 3 rings (SSSR count). The molecule has 1 saturated heterocycles. The zero-order chi connectivity index (χ0) is 12.4. The van der Waals surface area contributed by atoms with Crippen LogP contribution >= 0.6 is 23.1 Å². The number of ether oxygens (including phenoxy) is 1. The molecule has 18 heavy (non-hydrogen) atoms. The fourth-order valence-electron chi connectivity index (χ4n) is 1.70. The lowest BCUT2D eigenvalue weighted by molar-refractivity contribution is -0.182. The first-order valence-corrected chi connectivity index (χ1v) is 7.50.